The van der Waals surface area contributed by atoms with Crippen molar-refractivity contribution in [1.29, 1.82) is 5.26 Å². The fourth-order valence-electron chi connectivity index (χ4n) is 3.85. The number of benzene rings is 1. The minimum atomic E-state index is -3.53. The molecule has 8 heteroatoms. The van der Waals surface area contributed by atoms with E-state index in [9.17, 15) is 13.2 Å². The van der Waals surface area contributed by atoms with Gasteiger partial charge in [0.05, 0.1) is 17.5 Å². The summed E-state index contributed by atoms with van der Waals surface area (Å²) in [6, 6.07) is 7.59. The Hall–Kier alpha value is -1.95. The maximum absolute atomic E-state index is 13.0. The number of nitrogens with zero attached hydrogens (tertiary/aromatic N) is 4. The van der Waals surface area contributed by atoms with Crippen molar-refractivity contribution in [2.75, 3.05) is 46.3 Å². The average Bonchev–Trinajstić information content (AvgIpc) is 2.72. The molecule has 0 N–H and O–H groups in total. The van der Waals surface area contributed by atoms with Crippen LogP contribution < -0.4 is 0 Å². The van der Waals surface area contributed by atoms with Crippen molar-refractivity contribution in [3.8, 4) is 6.07 Å². The highest BCUT2D eigenvalue weighted by Gasteiger charge is 2.30. The minimum absolute atomic E-state index is 0.0220. The highest BCUT2D eigenvalue weighted by Crippen LogP contribution is 2.26. The van der Waals surface area contributed by atoms with Crippen LogP contribution in [0.4, 0.5) is 0 Å². The lowest BCUT2D eigenvalue weighted by Gasteiger charge is -2.35. The Bertz CT molecular complexity index is 855. The predicted octanol–water partition coefficient (Wildman–Crippen LogP) is 1.24. The summed E-state index contributed by atoms with van der Waals surface area (Å²) in [7, 11) is -1.72. The Kier molecular flexibility index (Phi) is 6.70. The summed E-state index contributed by atoms with van der Waals surface area (Å²) >= 11 is 0. The van der Waals surface area contributed by atoms with Crippen LogP contribution in [0.2, 0.25) is 0 Å². The van der Waals surface area contributed by atoms with Crippen LogP contribution in [0.1, 0.15) is 30.4 Å². The summed E-state index contributed by atoms with van der Waals surface area (Å²) in [6.45, 7) is 2.22. The van der Waals surface area contributed by atoms with Crippen molar-refractivity contribution >= 4 is 15.9 Å². The molecule has 0 saturated carbocycles. The summed E-state index contributed by atoms with van der Waals surface area (Å²) in [5.74, 6) is -0.0220. The maximum atomic E-state index is 13.0. The summed E-state index contributed by atoms with van der Waals surface area (Å²) < 4.78 is 27.5. The van der Waals surface area contributed by atoms with E-state index >= 15 is 0 Å². The Morgan fingerprint density at radius 1 is 1.14 bits per heavy atom. The smallest absolute Gasteiger partial charge is 0.243 e. The third kappa shape index (κ3) is 4.72. The fourth-order valence-corrected chi connectivity index (χ4v) is 5.32. The van der Waals surface area contributed by atoms with Crippen LogP contribution >= 0.6 is 0 Å². The quantitative estimate of drug-likeness (QED) is 0.712. The number of amides is 1. The lowest BCUT2D eigenvalue weighted by Crippen LogP contribution is -2.52. The monoisotopic (exact) mass is 404 g/mol. The highest BCUT2D eigenvalue weighted by molar-refractivity contribution is 7.89. The van der Waals surface area contributed by atoms with E-state index in [4.69, 9.17) is 5.26 Å². The van der Waals surface area contributed by atoms with Crippen molar-refractivity contribution < 1.29 is 13.2 Å². The summed E-state index contributed by atoms with van der Waals surface area (Å²) in [5, 5.41) is 8.63. The van der Waals surface area contributed by atoms with E-state index in [1.165, 1.54) is 16.3 Å². The van der Waals surface area contributed by atoms with Gasteiger partial charge in [0.1, 0.15) is 0 Å². The van der Waals surface area contributed by atoms with Gasteiger partial charge in [0.2, 0.25) is 15.9 Å². The van der Waals surface area contributed by atoms with E-state index in [-0.39, 0.29) is 12.5 Å². The van der Waals surface area contributed by atoms with Gasteiger partial charge in [0, 0.05) is 39.1 Å². The largest absolute Gasteiger partial charge is 0.339 e. The number of carbonyl (C=O) groups is 1. The first-order chi connectivity index (χ1) is 13.4. The Morgan fingerprint density at radius 2 is 1.82 bits per heavy atom. The van der Waals surface area contributed by atoms with Crippen LogP contribution in [0.5, 0.6) is 0 Å². The third-order valence-electron chi connectivity index (χ3n) is 5.56. The molecule has 1 aliphatic carbocycles. The molecule has 1 amide bonds. The van der Waals surface area contributed by atoms with E-state index in [1.807, 2.05) is 24.1 Å². The molecule has 0 atom stereocenters. The third-order valence-corrected chi connectivity index (χ3v) is 7.45. The van der Waals surface area contributed by atoms with Crippen LogP contribution in [0, 0.1) is 11.3 Å². The van der Waals surface area contributed by atoms with Gasteiger partial charge in [-0.2, -0.15) is 9.57 Å². The highest BCUT2D eigenvalue weighted by atomic mass is 32.2. The van der Waals surface area contributed by atoms with E-state index in [0.29, 0.717) is 44.0 Å². The van der Waals surface area contributed by atoms with Gasteiger partial charge in [-0.1, -0.05) is 6.07 Å². The van der Waals surface area contributed by atoms with Gasteiger partial charge in [0.15, 0.2) is 0 Å². The van der Waals surface area contributed by atoms with Gasteiger partial charge in [-0.15, -0.1) is 0 Å². The summed E-state index contributed by atoms with van der Waals surface area (Å²) in [4.78, 5) is 16.3. The molecular weight excluding hydrogens is 376 g/mol. The fraction of sp³-hybridized carbons (Fsp3) is 0.600. The standard InChI is InChI=1S/C20H28N4O3S/c1-22(10-4-9-21)16-20(25)23-11-13-24(14-12-23)28(26,27)19-8-7-17-5-2-3-6-18(17)15-19/h7-8,15H,2-6,10-14,16H2,1H3. The molecule has 0 aromatic heterocycles. The van der Waals surface area contributed by atoms with Gasteiger partial charge in [-0.25, -0.2) is 8.42 Å². The minimum Gasteiger partial charge on any atom is -0.339 e. The van der Waals surface area contributed by atoms with E-state index < -0.39 is 10.0 Å². The average molecular weight is 405 g/mol. The maximum Gasteiger partial charge on any atom is 0.243 e. The molecule has 1 heterocycles. The molecule has 7 nitrogen and oxygen atoms in total. The number of fused-ring (bicyclic) bond motifs is 1. The molecule has 1 saturated heterocycles. The van der Waals surface area contributed by atoms with Gasteiger partial charge in [0.25, 0.3) is 0 Å². The summed E-state index contributed by atoms with van der Waals surface area (Å²) in [6.07, 6.45) is 4.64. The lowest BCUT2D eigenvalue weighted by molar-refractivity contribution is -0.133. The predicted molar refractivity (Wildman–Crippen MR) is 106 cm³/mol. The topological polar surface area (TPSA) is 84.7 Å². The number of sulfonamides is 1. The molecule has 1 aromatic carbocycles. The molecular formula is C20H28N4O3S. The first kappa shape index (κ1) is 20.8. The number of likely N-dealkylation sites (N-methyl/N-ethyl adjacent to an activating group) is 1. The second-order valence-corrected chi connectivity index (χ2v) is 9.51. The molecule has 0 bridgehead atoms. The molecule has 3 rings (SSSR count). The molecule has 0 unspecified atom stereocenters. The van der Waals surface area contributed by atoms with Gasteiger partial charge >= 0.3 is 0 Å². The number of aryl methyl sites for hydroxylation is 2. The van der Waals surface area contributed by atoms with Crippen LogP contribution in [-0.4, -0.2) is 74.7 Å². The first-order valence-electron chi connectivity index (χ1n) is 9.87. The molecule has 2 aliphatic rings. The molecule has 1 fully saturated rings. The van der Waals surface area contributed by atoms with Crippen molar-refractivity contribution in [3.05, 3.63) is 29.3 Å². The number of nitriles is 1. The molecule has 28 heavy (non-hydrogen) atoms. The number of hydrogen-bond donors (Lipinski definition) is 0. The lowest BCUT2D eigenvalue weighted by atomic mass is 9.92. The van der Waals surface area contributed by atoms with Crippen LogP contribution in [-0.2, 0) is 27.7 Å². The number of piperazine rings is 1. The molecule has 1 aromatic rings. The van der Waals surface area contributed by atoms with Gasteiger partial charge < -0.3 is 4.90 Å². The summed E-state index contributed by atoms with van der Waals surface area (Å²) in [5.41, 5.74) is 2.42. The first-order valence-corrected chi connectivity index (χ1v) is 11.3. The Labute approximate surface area is 167 Å². The van der Waals surface area contributed by atoms with Gasteiger partial charge in [-0.3, -0.25) is 9.69 Å². The molecule has 0 spiro atoms. The zero-order valence-corrected chi connectivity index (χ0v) is 17.2. The second-order valence-electron chi connectivity index (χ2n) is 7.57. The Morgan fingerprint density at radius 3 is 2.50 bits per heavy atom. The number of rotatable bonds is 6. The normalized spacial score (nSPS) is 18.0. The number of carbonyl (C=O) groups excluding carboxylic acids is 1. The van der Waals surface area contributed by atoms with Gasteiger partial charge in [-0.05, 0) is 56.0 Å². The molecule has 152 valence electrons. The van der Waals surface area contributed by atoms with Crippen molar-refractivity contribution in [1.82, 2.24) is 14.1 Å². The van der Waals surface area contributed by atoms with Crippen LogP contribution in [0.3, 0.4) is 0 Å². The number of hydrogen-bond acceptors (Lipinski definition) is 5. The zero-order chi connectivity index (χ0) is 20.1. The zero-order valence-electron chi connectivity index (χ0n) is 16.4. The van der Waals surface area contributed by atoms with Crippen molar-refractivity contribution in [3.63, 3.8) is 0 Å². The molecule has 0 radical (unpaired) electrons. The SMILES string of the molecule is CN(CCC#N)CC(=O)N1CCN(S(=O)(=O)c2ccc3c(c2)CCCC3)CC1. The molecule has 1 aliphatic heterocycles. The second kappa shape index (κ2) is 9.03. The van der Waals surface area contributed by atoms with Crippen molar-refractivity contribution in [2.45, 2.75) is 37.0 Å². The van der Waals surface area contributed by atoms with E-state index in [0.717, 1.165) is 24.8 Å². The van der Waals surface area contributed by atoms with E-state index in [1.54, 1.807) is 11.0 Å². The van der Waals surface area contributed by atoms with Crippen LogP contribution in [0.25, 0.3) is 0 Å². The van der Waals surface area contributed by atoms with Crippen molar-refractivity contribution in [2.24, 2.45) is 0 Å². The van der Waals surface area contributed by atoms with E-state index in [2.05, 4.69) is 6.07 Å². The Balaban J connectivity index is 1.59. The van der Waals surface area contributed by atoms with Crippen LogP contribution in [0.15, 0.2) is 23.1 Å².